The van der Waals surface area contributed by atoms with Crippen LogP contribution in [0.15, 0.2) is 36.4 Å². The number of imide groups is 1. The van der Waals surface area contributed by atoms with Crippen molar-refractivity contribution in [3.63, 3.8) is 0 Å². The minimum atomic E-state index is -0.310. The summed E-state index contributed by atoms with van der Waals surface area (Å²) in [7, 11) is 0. The van der Waals surface area contributed by atoms with E-state index in [2.05, 4.69) is 5.92 Å². The number of nitrogens with zero attached hydrogens (tertiary/aromatic N) is 1. The number of benzene rings is 1. The van der Waals surface area contributed by atoms with Crippen molar-refractivity contribution in [2.24, 2.45) is 0 Å². The fraction of sp³-hybridized carbons (Fsp3) is 0.0769. The Morgan fingerprint density at radius 2 is 1.62 bits per heavy atom. The minimum absolute atomic E-state index is 0.310. The first kappa shape index (κ1) is 10.2. The predicted molar refractivity (Wildman–Crippen MR) is 60.6 cm³/mol. The van der Waals surface area contributed by atoms with E-state index >= 15 is 0 Å². The fourth-order valence-electron chi connectivity index (χ4n) is 1.54. The molecule has 16 heavy (non-hydrogen) atoms. The summed E-state index contributed by atoms with van der Waals surface area (Å²) >= 11 is 0. The fourth-order valence-corrected chi connectivity index (χ4v) is 1.54. The van der Waals surface area contributed by atoms with Gasteiger partial charge in [0.15, 0.2) is 0 Å². The van der Waals surface area contributed by atoms with Crippen LogP contribution in [-0.4, -0.2) is 11.8 Å². The van der Waals surface area contributed by atoms with Crippen molar-refractivity contribution in [3.05, 3.63) is 42.0 Å². The van der Waals surface area contributed by atoms with Crippen molar-refractivity contribution in [2.45, 2.75) is 6.42 Å². The SMILES string of the molecule is C#CCc1ccc(N2C(=O)C=CC2=O)cc1. The van der Waals surface area contributed by atoms with Crippen LogP contribution in [0.4, 0.5) is 5.69 Å². The number of carbonyl (C=O) groups is 2. The van der Waals surface area contributed by atoms with Crippen molar-refractivity contribution in [3.8, 4) is 12.3 Å². The van der Waals surface area contributed by atoms with Gasteiger partial charge >= 0.3 is 0 Å². The summed E-state index contributed by atoms with van der Waals surface area (Å²) in [6, 6.07) is 7.06. The lowest BCUT2D eigenvalue weighted by Crippen LogP contribution is -2.29. The van der Waals surface area contributed by atoms with Crippen LogP contribution in [0.3, 0.4) is 0 Å². The second-order valence-corrected chi connectivity index (χ2v) is 3.39. The van der Waals surface area contributed by atoms with E-state index < -0.39 is 0 Å². The average Bonchev–Trinajstić information content (AvgIpc) is 2.61. The molecule has 1 aliphatic rings. The Hall–Kier alpha value is -2.34. The third-order valence-corrected chi connectivity index (χ3v) is 2.31. The van der Waals surface area contributed by atoms with Gasteiger partial charge < -0.3 is 0 Å². The Morgan fingerprint density at radius 1 is 1.06 bits per heavy atom. The maximum Gasteiger partial charge on any atom is 0.258 e. The Kier molecular flexibility index (Phi) is 2.57. The second kappa shape index (κ2) is 4.03. The first-order valence-electron chi connectivity index (χ1n) is 4.81. The first-order chi connectivity index (χ1) is 7.72. The van der Waals surface area contributed by atoms with Crippen LogP contribution in [0.5, 0.6) is 0 Å². The summed E-state index contributed by atoms with van der Waals surface area (Å²) < 4.78 is 0. The van der Waals surface area contributed by atoms with Gasteiger partial charge in [-0.1, -0.05) is 12.1 Å². The molecule has 0 N–H and O–H groups in total. The highest BCUT2D eigenvalue weighted by Gasteiger charge is 2.24. The maximum atomic E-state index is 11.4. The molecule has 1 aliphatic heterocycles. The van der Waals surface area contributed by atoms with Crippen molar-refractivity contribution in [1.82, 2.24) is 0 Å². The smallest absolute Gasteiger partial charge is 0.258 e. The molecule has 1 aromatic carbocycles. The molecule has 0 unspecified atom stereocenters. The number of hydrogen-bond acceptors (Lipinski definition) is 2. The Bertz CT molecular complexity index is 488. The van der Waals surface area contributed by atoms with E-state index in [1.165, 1.54) is 12.2 Å². The van der Waals surface area contributed by atoms with Crippen LogP contribution in [-0.2, 0) is 16.0 Å². The number of terminal acetylenes is 1. The summed E-state index contributed by atoms with van der Waals surface area (Å²) in [4.78, 5) is 23.9. The molecule has 78 valence electrons. The van der Waals surface area contributed by atoms with Crippen LogP contribution >= 0.6 is 0 Å². The lowest BCUT2D eigenvalue weighted by atomic mass is 10.1. The van der Waals surface area contributed by atoms with Gasteiger partial charge in [0.2, 0.25) is 0 Å². The van der Waals surface area contributed by atoms with E-state index in [4.69, 9.17) is 6.42 Å². The van der Waals surface area contributed by atoms with Gasteiger partial charge in [0, 0.05) is 18.6 Å². The first-order valence-corrected chi connectivity index (χ1v) is 4.81. The van der Waals surface area contributed by atoms with Crippen molar-refractivity contribution in [2.75, 3.05) is 4.90 Å². The number of rotatable bonds is 2. The highest BCUT2D eigenvalue weighted by molar-refractivity contribution is 6.28. The van der Waals surface area contributed by atoms with E-state index in [0.29, 0.717) is 12.1 Å². The third-order valence-electron chi connectivity index (χ3n) is 2.31. The van der Waals surface area contributed by atoms with Crippen molar-refractivity contribution >= 4 is 17.5 Å². The minimum Gasteiger partial charge on any atom is -0.269 e. The highest BCUT2D eigenvalue weighted by Crippen LogP contribution is 2.19. The quantitative estimate of drug-likeness (QED) is 0.546. The van der Waals surface area contributed by atoms with E-state index in [1.807, 2.05) is 12.1 Å². The lowest BCUT2D eigenvalue weighted by Gasteiger charge is -2.13. The zero-order valence-corrected chi connectivity index (χ0v) is 8.51. The molecule has 2 amide bonds. The van der Waals surface area contributed by atoms with Crippen molar-refractivity contribution < 1.29 is 9.59 Å². The van der Waals surface area contributed by atoms with E-state index in [0.717, 1.165) is 10.5 Å². The Labute approximate surface area is 93.4 Å². The van der Waals surface area contributed by atoms with E-state index in [1.54, 1.807) is 12.1 Å². The van der Waals surface area contributed by atoms with Crippen molar-refractivity contribution in [1.29, 1.82) is 0 Å². The number of carbonyl (C=O) groups excluding carboxylic acids is 2. The topological polar surface area (TPSA) is 37.4 Å². The molecule has 0 bridgehead atoms. The van der Waals surface area contributed by atoms with Gasteiger partial charge in [0.05, 0.1) is 5.69 Å². The van der Waals surface area contributed by atoms with E-state index in [9.17, 15) is 9.59 Å². The highest BCUT2D eigenvalue weighted by atomic mass is 16.2. The van der Waals surface area contributed by atoms with Crippen LogP contribution < -0.4 is 4.90 Å². The third kappa shape index (κ3) is 1.73. The largest absolute Gasteiger partial charge is 0.269 e. The molecule has 1 heterocycles. The molecular formula is C13H9NO2. The molecule has 0 saturated carbocycles. The summed E-state index contributed by atoms with van der Waals surface area (Å²) in [6.45, 7) is 0. The zero-order valence-electron chi connectivity index (χ0n) is 8.51. The molecule has 0 saturated heterocycles. The normalized spacial score (nSPS) is 14.3. The van der Waals surface area contributed by atoms with Gasteiger partial charge in [-0.15, -0.1) is 12.3 Å². The monoisotopic (exact) mass is 211 g/mol. The number of amides is 2. The van der Waals surface area contributed by atoms with Gasteiger partial charge in [0.1, 0.15) is 0 Å². The molecule has 0 fully saturated rings. The summed E-state index contributed by atoms with van der Waals surface area (Å²) in [6.07, 6.45) is 8.25. The Morgan fingerprint density at radius 3 is 2.12 bits per heavy atom. The number of hydrogen-bond donors (Lipinski definition) is 0. The van der Waals surface area contributed by atoms with Crippen LogP contribution in [0.2, 0.25) is 0 Å². The molecule has 0 spiro atoms. The van der Waals surface area contributed by atoms with Gasteiger partial charge in [-0.05, 0) is 17.7 Å². The molecule has 0 aromatic heterocycles. The molecule has 0 atom stereocenters. The summed E-state index contributed by atoms with van der Waals surface area (Å²) in [5, 5.41) is 0. The standard InChI is InChI=1S/C13H9NO2/c1-2-3-10-4-6-11(7-5-10)14-12(15)8-9-13(14)16/h1,4-9H,3H2. The van der Waals surface area contributed by atoms with E-state index in [-0.39, 0.29) is 11.8 Å². The average molecular weight is 211 g/mol. The zero-order chi connectivity index (χ0) is 11.5. The predicted octanol–water partition coefficient (Wildman–Crippen LogP) is 1.29. The molecule has 2 rings (SSSR count). The lowest BCUT2D eigenvalue weighted by molar-refractivity contribution is -0.119. The van der Waals surface area contributed by atoms with Crippen LogP contribution in [0, 0.1) is 12.3 Å². The molecule has 0 radical (unpaired) electrons. The molecule has 3 heteroatoms. The van der Waals surface area contributed by atoms with Gasteiger partial charge in [-0.2, -0.15) is 0 Å². The second-order valence-electron chi connectivity index (χ2n) is 3.39. The summed E-state index contributed by atoms with van der Waals surface area (Å²) in [5.74, 6) is 1.91. The molecular weight excluding hydrogens is 202 g/mol. The molecule has 1 aromatic rings. The summed E-state index contributed by atoms with van der Waals surface area (Å²) in [5.41, 5.74) is 1.55. The van der Waals surface area contributed by atoms with Crippen LogP contribution in [0.1, 0.15) is 5.56 Å². The molecule has 3 nitrogen and oxygen atoms in total. The maximum absolute atomic E-state index is 11.4. The number of anilines is 1. The van der Waals surface area contributed by atoms with Crippen LogP contribution in [0.25, 0.3) is 0 Å². The Balaban J connectivity index is 2.26. The molecule has 0 aliphatic carbocycles. The van der Waals surface area contributed by atoms with Gasteiger partial charge in [-0.3, -0.25) is 9.59 Å². The van der Waals surface area contributed by atoms with Gasteiger partial charge in [0.25, 0.3) is 11.8 Å². The van der Waals surface area contributed by atoms with Gasteiger partial charge in [-0.25, -0.2) is 4.90 Å².